The minimum absolute atomic E-state index is 0.0610. The van der Waals surface area contributed by atoms with Gasteiger partial charge in [0.15, 0.2) is 0 Å². The van der Waals surface area contributed by atoms with Crippen molar-refractivity contribution in [3.8, 4) is 5.75 Å². The number of benzene rings is 1. The molecule has 0 aliphatic rings. The van der Waals surface area contributed by atoms with Gasteiger partial charge in [-0.05, 0) is 30.4 Å². The van der Waals surface area contributed by atoms with Crippen LogP contribution in [0.15, 0.2) is 34.1 Å². The van der Waals surface area contributed by atoms with Gasteiger partial charge in [0, 0.05) is 16.7 Å². The number of aromatic nitrogens is 4. The number of nitrogens with zero attached hydrogens (tertiary/aromatic N) is 1. The van der Waals surface area contributed by atoms with Crippen LogP contribution in [-0.4, -0.2) is 27.0 Å². The maximum atomic E-state index is 14.0. The molecule has 146 valence electrons. The van der Waals surface area contributed by atoms with Crippen molar-refractivity contribution in [3.63, 3.8) is 0 Å². The van der Waals surface area contributed by atoms with Gasteiger partial charge in [-0.3, -0.25) is 9.59 Å². The fourth-order valence-corrected chi connectivity index (χ4v) is 2.76. The summed E-state index contributed by atoms with van der Waals surface area (Å²) in [6.45, 7) is 6.02. The van der Waals surface area contributed by atoms with Gasteiger partial charge in [-0.2, -0.15) is 0 Å². The van der Waals surface area contributed by atoms with E-state index in [1.54, 1.807) is 0 Å². The molecule has 2 heterocycles. The first-order chi connectivity index (χ1) is 13.2. The molecule has 8 heteroatoms. The van der Waals surface area contributed by atoms with Crippen molar-refractivity contribution in [1.82, 2.24) is 19.9 Å². The molecule has 0 spiro atoms. The zero-order valence-corrected chi connectivity index (χ0v) is 16.0. The zero-order valence-electron chi connectivity index (χ0n) is 16.0. The lowest BCUT2D eigenvalue weighted by Crippen LogP contribution is -2.46. The molecule has 0 saturated carbocycles. The van der Waals surface area contributed by atoms with E-state index in [4.69, 9.17) is 4.74 Å². The largest absolute Gasteiger partial charge is 0.497 e. The Labute approximate surface area is 159 Å². The molecule has 0 atom stereocenters. The third-order valence-electron chi connectivity index (χ3n) is 4.19. The highest BCUT2D eigenvalue weighted by molar-refractivity contribution is 5.52. The fourth-order valence-electron chi connectivity index (χ4n) is 2.76. The van der Waals surface area contributed by atoms with Gasteiger partial charge in [0.2, 0.25) is 0 Å². The molecular weight excluding hydrogens is 363 g/mol. The van der Waals surface area contributed by atoms with Crippen LogP contribution in [0.5, 0.6) is 5.75 Å². The van der Waals surface area contributed by atoms with E-state index in [2.05, 4.69) is 19.9 Å². The summed E-state index contributed by atoms with van der Waals surface area (Å²) in [5.74, 6) is -0.104. The van der Waals surface area contributed by atoms with Crippen molar-refractivity contribution in [2.24, 2.45) is 0 Å². The number of hydrogen-bond acceptors (Lipinski definition) is 4. The summed E-state index contributed by atoms with van der Waals surface area (Å²) in [4.78, 5) is 37.2. The normalized spacial score (nSPS) is 13.2. The molecule has 0 bridgehead atoms. The van der Waals surface area contributed by atoms with Crippen LogP contribution in [0.1, 0.15) is 37.7 Å². The van der Waals surface area contributed by atoms with Crippen LogP contribution in [0.4, 0.5) is 4.39 Å². The molecule has 2 aromatic heterocycles. The van der Waals surface area contributed by atoms with Gasteiger partial charge < -0.3 is 19.7 Å². The molecule has 3 rings (SSSR count). The third kappa shape index (κ3) is 3.95. The van der Waals surface area contributed by atoms with E-state index < -0.39 is 16.9 Å². The average molecular weight is 384 g/mol. The number of hydrogen-bond donors (Lipinski definition) is 3. The number of rotatable bonds is 3. The molecule has 0 aliphatic carbocycles. The lowest BCUT2D eigenvalue weighted by molar-refractivity contribution is 0.413. The van der Waals surface area contributed by atoms with Gasteiger partial charge >= 0.3 is 0 Å². The van der Waals surface area contributed by atoms with Crippen LogP contribution < -0.4 is 26.6 Å². The van der Waals surface area contributed by atoms with Gasteiger partial charge in [-0.15, -0.1) is 0 Å². The predicted octanol–water partition coefficient (Wildman–Crippen LogP) is 0.889. The molecule has 0 aliphatic heterocycles. The molecule has 0 fully saturated rings. The van der Waals surface area contributed by atoms with Gasteiger partial charge in [-0.1, -0.05) is 20.8 Å². The number of H-pyrrole nitrogens is 3. The van der Waals surface area contributed by atoms with Crippen LogP contribution in [0.2, 0.25) is 0 Å². The maximum absolute atomic E-state index is 14.0. The van der Waals surface area contributed by atoms with Crippen molar-refractivity contribution in [2.45, 2.75) is 26.2 Å². The number of aromatic amines is 3. The molecule has 0 radical (unpaired) electrons. The number of methoxy groups -OCH3 is 1. The summed E-state index contributed by atoms with van der Waals surface area (Å²) in [7, 11) is 1.46. The highest BCUT2D eigenvalue weighted by atomic mass is 19.1. The molecule has 28 heavy (non-hydrogen) atoms. The Morgan fingerprint density at radius 1 is 1.07 bits per heavy atom. The number of imidazole rings is 1. The molecule has 0 saturated heterocycles. The van der Waals surface area contributed by atoms with Crippen molar-refractivity contribution in [1.29, 1.82) is 0 Å². The SMILES string of the molecule is COc1ccc(F)c(/C=c2\[nH]c(=O)/c(=C/c3nc[nH]c3C(C)(C)C)[nH]c2=O)c1. The highest BCUT2D eigenvalue weighted by Gasteiger charge is 2.19. The van der Waals surface area contributed by atoms with E-state index in [1.807, 2.05) is 20.8 Å². The second kappa shape index (κ2) is 7.30. The van der Waals surface area contributed by atoms with Crippen molar-refractivity contribution < 1.29 is 9.13 Å². The molecule has 3 aromatic rings. The van der Waals surface area contributed by atoms with Crippen LogP contribution in [-0.2, 0) is 5.41 Å². The van der Waals surface area contributed by atoms with Crippen LogP contribution in [0.3, 0.4) is 0 Å². The second-order valence-electron chi connectivity index (χ2n) is 7.32. The van der Waals surface area contributed by atoms with E-state index in [1.165, 1.54) is 43.8 Å². The monoisotopic (exact) mass is 384 g/mol. The topological polar surface area (TPSA) is 104 Å². The summed E-state index contributed by atoms with van der Waals surface area (Å²) in [5, 5.41) is -0.00163. The lowest BCUT2D eigenvalue weighted by atomic mass is 9.90. The quantitative estimate of drug-likeness (QED) is 0.624. The Balaban J connectivity index is 2.15. The van der Waals surface area contributed by atoms with Crippen molar-refractivity contribution in [2.75, 3.05) is 7.11 Å². The van der Waals surface area contributed by atoms with Crippen LogP contribution in [0, 0.1) is 5.82 Å². The Bertz CT molecular complexity index is 1250. The molecule has 3 N–H and O–H groups in total. The molecule has 0 unspecified atom stereocenters. The number of ether oxygens (including phenoxy) is 1. The molecule has 1 aromatic carbocycles. The average Bonchev–Trinajstić information content (AvgIpc) is 3.09. The Morgan fingerprint density at radius 3 is 2.32 bits per heavy atom. The van der Waals surface area contributed by atoms with Crippen LogP contribution in [0.25, 0.3) is 12.2 Å². The molecule has 0 amide bonds. The summed E-state index contributed by atoms with van der Waals surface area (Å²) >= 11 is 0. The van der Waals surface area contributed by atoms with Gasteiger partial charge in [0.1, 0.15) is 22.3 Å². The predicted molar refractivity (Wildman–Crippen MR) is 104 cm³/mol. The maximum Gasteiger partial charge on any atom is 0.272 e. The van der Waals surface area contributed by atoms with E-state index in [0.717, 1.165) is 5.69 Å². The third-order valence-corrected chi connectivity index (χ3v) is 4.19. The zero-order chi connectivity index (χ0) is 20.5. The van der Waals surface area contributed by atoms with Gasteiger partial charge in [-0.25, -0.2) is 9.37 Å². The first-order valence-electron chi connectivity index (χ1n) is 8.62. The summed E-state index contributed by atoms with van der Waals surface area (Å²) in [6.07, 6.45) is 4.30. The standard InChI is InChI=1S/C20H21FN4O3/c1-20(2,3)17-14(22-10-23-17)9-16-19(27)24-15(18(26)25-16)8-11-7-12(28-4)5-6-13(11)21/h5-10H,1-4H3,(H,22,23)(H,24,27)(H,25,26)/b15-8-,16-9-. The Morgan fingerprint density at radius 2 is 1.71 bits per heavy atom. The number of halogens is 1. The number of nitrogens with one attached hydrogen (secondary N) is 3. The molecular formula is C20H21FN4O3. The first-order valence-corrected chi connectivity index (χ1v) is 8.62. The summed E-state index contributed by atoms with van der Waals surface area (Å²) < 4.78 is 19.1. The lowest BCUT2D eigenvalue weighted by Gasteiger charge is -2.16. The van der Waals surface area contributed by atoms with Crippen molar-refractivity contribution in [3.05, 3.63) is 78.7 Å². The second-order valence-corrected chi connectivity index (χ2v) is 7.32. The van der Waals surface area contributed by atoms with E-state index in [9.17, 15) is 14.0 Å². The highest BCUT2D eigenvalue weighted by Crippen LogP contribution is 2.22. The Hall–Kier alpha value is -3.42. The van der Waals surface area contributed by atoms with E-state index in [0.29, 0.717) is 11.4 Å². The summed E-state index contributed by atoms with van der Waals surface area (Å²) in [5.41, 5.74) is 0.232. The first kappa shape index (κ1) is 19.3. The van der Waals surface area contributed by atoms with E-state index in [-0.39, 0.29) is 21.7 Å². The minimum atomic E-state index is -0.555. The van der Waals surface area contributed by atoms with E-state index >= 15 is 0 Å². The van der Waals surface area contributed by atoms with Crippen LogP contribution >= 0.6 is 0 Å². The minimum Gasteiger partial charge on any atom is -0.497 e. The molecule has 7 nitrogen and oxygen atoms in total. The fraction of sp³-hybridized carbons (Fsp3) is 0.250. The van der Waals surface area contributed by atoms with Gasteiger partial charge in [0.25, 0.3) is 11.1 Å². The summed E-state index contributed by atoms with van der Waals surface area (Å²) in [6, 6.07) is 4.13. The Kier molecular flexibility index (Phi) is 5.04. The van der Waals surface area contributed by atoms with Crippen molar-refractivity contribution >= 4 is 12.2 Å². The van der Waals surface area contributed by atoms with Gasteiger partial charge in [0.05, 0.1) is 19.1 Å². The smallest absolute Gasteiger partial charge is 0.272 e.